The quantitative estimate of drug-likeness (QED) is 0.724. The number of benzene rings is 1. The van der Waals surface area contributed by atoms with Gasteiger partial charge >= 0.3 is 0 Å². The Hall–Kier alpha value is -2.75. The van der Waals surface area contributed by atoms with E-state index in [1.54, 1.807) is 24.3 Å². The predicted molar refractivity (Wildman–Crippen MR) is 94.5 cm³/mol. The molecule has 25 heavy (non-hydrogen) atoms. The number of nitrogens with zero attached hydrogens (tertiary/aromatic N) is 3. The maximum atomic E-state index is 11.5. The third-order valence-corrected chi connectivity index (χ3v) is 5.35. The summed E-state index contributed by atoms with van der Waals surface area (Å²) in [5, 5.41) is 16.6. The fraction of sp³-hybridized carbons (Fsp3) is 0.333. The summed E-state index contributed by atoms with van der Waals surface area (Å²) in [6.45, 7) is 1.44. The lowest BCUT2D eigenvalue weighted by Crippen LogP contribution is -2.21. The van der Waals surface area contributed by atoms with E-state index in [1.165, 1.54) is 13.1 Å². The zero-order valence-electron chi connectivity index (χ0n) is 13.6. The van der Waals surface area contributed by atoms with Crippen LogP contribution in [0, 0.1) is 0 Å². The monoisotopic (exact) mass is 362 g/mol. The highest BCUT2D eigenvalue weighted by molar-refractivity contribution is 7.91. The molecule has 1 saturated heterocycles. The van der Waals surface area contributed by atoms with Crippen LogP contribution in [0.2, 0.25) is 0 Å². The molecular weight excluding hydrogens is 344 g/mol. The molecule has 10 heteroatoms. The fourth-order valence-corrected chi connectivity index (χ4v) is 4.22. The number of rotatable bonds is 5. The summed E-state index contributed by atoms with van der Waals surface area (Å²) in [7, 11) is -2.97. The second-order valence-corrected chi connectivity index (χ2v) is 8.03. The van der Waals surface area contributed by atoms with Crippen LogP contribution in [0.5, 0.6) is 0 Å². The van der Waals surface area contributed by atoms with E-state index >= 15 is 0 Å². The van der Waals surface area contributed by atoms with Crippen molar-refractivity contribution in [2.75, 3.05) is 27.5 Å². The van der Waals surface area contributed by atoms with Gasteiger partial charge in [-0.15, -0.1) is 5.10 Å². The first-order chi connectivity index (χ1) is 11.9. The maximum Gasteiger partial charge on any atom is 0.249 e. The summed E-state index contributed by atoms with van der Waals surface area (Å²) in [6.07, 6.45) is 2.00. The fourth-order valence-electron chi connectivity index (χ4n) is 2.55. The Morgan fingerprint density at radius 1 is 1.28 bits per heavy atom. The molecule has 1 aromatic carbocycles. The van der Waals surface area contributed by atoms with Gasteiger partial charge in [0.2, 0.25) is 11.9 Å². The number of amides is 1. The van der Waals surface area contributed by atoms with Crippen LogP contribution >= 0.6 is 0 Å². The molecule has 0 saturated carbocycles. The van der Waals surface area contributed by atoms with E-state index in [4.69, 9.17) is 0 Å². The number of nitrogens with one attached hydrogen (secondary N) is 3. The number of carbonyl (C=O) groups excluding carboxylic acids is 1. The van der Waals surface area contributed by atoms with Crippen molar-refractivity contribution in [3.63, 3.8) is 0 Å². The van der Waals surface area contributed by atoms with Crippen molar-refractivity contribution in [1.82, 2.24) is 15.2 Å². The molecule has 1 atom stereocenters. The van der Waals surface area contributed by atoms with E-state index in [0.717, 1.165) is 0 Å². The molecule has 0 bridgehead atoms. The Morgan fingerprint density at radius 2 is 2.08 bits per heavy atom. The Kier molecular flexibility index (Phi) is 4.79. The molecule has 1 fully saturated rings. The van der Waals surface area contributed by atoms with E-state index in [2.05, 4.69) is 31.1 Å². The summed E-state index contributed by atoms with van der Waals surface area (Å²) in [5.74, 6) is 0.846. The van der Waals surface area contributed by atoms with Gasteiger partial charge in [-0.1, -0.05) is 6.07 Å². The highest BCUT2D eigenvalue weighted by atomic mass is 32.2. The van der Waals surface area contributed by atoms with Crippen molar-refractivity contribution in [3.05, 3.63) is 30.5 Å². The molecule has 3 rings (SSSR count). The van der Waals surface area contributed by atoms with Crippen molar-refractivity contribution in [3.8, 4) is 0 Å². The number of sulfone groups is 1. The van der Waals surface area contributed by atoms with Gasteiger partial charge < -0.3 is 16.0 Å². The van der Waals surface area contributed by atoms with Gasteiger partial charge in [-0.2, -0.15) is 10.1 Å². The molecule has 1 aliphatic heterocycles. The molecule has 1 amide bonds. The van der Waals surface area contributed by atoms with Crippen LogP contribution < -0.4 is 16.0 Å². The van der Waals surface area contributed by atoms with E-state index in [0.29, 0.717) is 23.6 Å². The number of carbonyl (C=O) groups is 1. The zero-order valence-corrected chi connectivity index (χ0v) is 14.4. The largest absolute Gasteiger partial charge is 0.365 e. The van der Waals surface area contributed by atoms with E-state index < -0.39 is 9.84 Å². The lowest BCUT2D eigenvalue weighted by Gasteiger charge is -2.12. The van der Waals surface area contributed by atoms with Gasteiger partial charge in [-0.25, -0.2) is 8.42 Å². The minimum Gasteiger partial charge on any atom is -0.365 e. The average molecular weight is 362 g/mol. The molecule has 132 valence electrons. The molecule has 0 aliphatic carbocycles. The lowest BCUT2D eigenvalue weighted by molar-refractivity contribution is -0.114. The van der Waals surface area contributed by atoms with Gasteiger partial charge in [0.15, 0.2) is 15.7 Å². The van der Waals surface area contributed by atoms with Crippen LogP contribution in [0.15, 0.2) is 30.5 Å². The van der Waals surface area contributed by atoms with Gasteiger partial charge in [0.25, 0.3) is 0 Å². The van der Waals surface area contributed by atoms with Crippen LogP contribution in [-0.2, 0) is 14.6 Å². The number of aromatic nitrogens is 3. The Morgan fingerprint density at radius 3 is 2.80 bits per heavy atom. The molecule has 0 spiro atoms. The maximum absolute atomic E-state index is 11.5. The minimum atomic E-state index is -2.97. The topological polar surface area (TPSA) is 126 Å². The first-order valence-electron chi connectivity index (χ1n) is 7.71. The summed E-state index contributed by atoms with van der Waals surface area (Å²) in [6, 6.07) is 6.93. The predicted octanol–water partition coefficient (Wildman–Crippen LogP) is 1.17. The van der Waals surface area contributed by atoms with E-state index in [9.17, 15) is 13.2 Å². The SMILES string of the molecule is CC(=O)Nc1cccc(Nc2nncc(NC3CCS(=O)(=O)C3)n2)c1. The van der Waals surface area contributed by atoms with Crippen molar-refractivity contribution in [2.24, 2.45) is 0 Å². The molecule has 3 N–H and O–H groups in total. The Labute approximate surface area is 145 Å². The molecule has 2 aromatic rings. The van der Waals surface area contributed by atoms with Crippen molar-refractivity contribution in [2.45, 2.75) is 19.4 Å². The van der Waals surface area contributed by atoms with Crippen LogP contribution in [-0.4, -0.2) is 47.1 Å². The van der Waals surface area contributed by atoms with Crippen LogP contribution in [0.3, 0.4) is 0 Å². The first-order valence-corrected chi connectivity index (χ1v) is 9.53. The van der Waals surface area contributed by atoms with Gasteiger partial charge in [-0.3, -0.25) is 4.79 Å². The molecule has 1 aliphatic rings. The smallest absolute Gasteiger partial charge is 0.249 e. The molecule has 2 heterocycles. The standard InChI is InChI=1S/C15H18N6O3S/c1-10(22)17-11-3-2-4-12(7-11)19-15-20-14(8-16-21-15)18-13-5-6-25(23,24)9-13/h2-4,7-8,13H,5-6,9H2,1H3,(H,17,22)(H2,18,19,20,21). The third kappa shape index (κ3) is 4.86. The summed E-state index contributed by atoms with van der Waals surface area (Å²) >= 11 is 0. The van der Waals surface area contributed by atoms with E-state index in [-0.39, 0.29) is 29.4 Å². The summed E-state index contributed by atoms with van der Waals surface area (Å²) in [5.41, 5.74) is 1.34. The zero-order chi connectivity index (χ0) is 17.9. The van der Waals surface area contributed by atoms with Crippen molar-refractivity contribution in [1.29, 1.82) is 0 Å². The molecular formula is C15H18N6O3S. The van der Waals surface area contributed by atoms with Gasteiger partial charge in [0.1, 0.15) is 0 Å². The summed E-state index contributed by atoms with van der Waals surface area (Å²) in [4.78, 5) is 15.4. The van der Waals surface area contributed by atoms with Crippen LogP contribution in [0.4, 0.5) is 23.1 Å². The summed E-state index contributed by atoms with van der Waals surface area (Å²) < 4.78 is 23.0. The number of anilines is 4. The van der Waals surface area contributed by atoms with Crippen LogP contribution in [0.25, 0.3) is 0 Å². The molecule has 1 aromatic heterocycles. The van der Waals surface area contributed by atoms with Crippen molar-refractivity contribution < 1.29 is 13.2 Å². The Balaban J connectivity index is 1.68. The molecule has 9 nitrogen and oxygen atoms in total. The highest BCUT2D eigenvalue weighted by Crippen LogP contribution is 2.19. The van der Waals surface area contributed by atoms with E-state index in [1.807, 2.05) is 0 Å². The van der Waals surface area contributed by atoms with Gasteiger partial charge in [0.05, 0.1) is 17.7 Å². The second kappa shape index (κ2) is 7.01. The number of hydrogen-bond donors (Lipinski definition) is 3. The van der Waals surface area contributed by atoms with Crippen molar-refractivity contribution >= 4 is 38.9 Å². The average Bonchev–Trinajstić information content (AvgIpc) is 2.86. The normalized spacial score (nSPS) is 18.5. The lowest BCUT2D eigenvalue weighted by atomic mass is 10.2. The van der Waals surface area contributed by atoms with Gasteiger partial charge in [0, 0.05) is 24.3 Å². The Bertz CT molecular complexity index is 886. The third-order valence-electron chi connectivity index (χ3n) is 3.58. The molecule has 1 unspecified atom stereocenters. The van der Waals surface area contributed by atoms with Gasteiger partial charge in [-0.05, 0) is 24.6 Å². The van der Waals surface area contributed by atoms with Crippen LogP contribution in [0.1, 0.15) is 13.3 Å². The second-order valence-electron chi connectivity index (χ2n) is 5.80. The number of hydrogen-bond acceptors (Lipinski definition) is 8. The molecule has 0 radical (unpaired) electrons. The minimum absolute atomic E-state index is 0.0958. The highest BCUT2D eigenvalue weighted by Gasteiger charge is 2.28. The first kappa shape index (κ1) is 17.1.